The summed E-state index contributed by atoms with van der Waals surface area (Å²) in [5.74, 6) is 1.37. The second kappa shape index (κ2) is 6.39. The maximum atomic E-state index is 5.78. The van der Waals surface area contributed by atoms with Gasteiger partial charge in [0.2, 0.25) is 5.88 Å². The molecule has 94 valence electrons. The standard InChI is InChI=1S/C12H19N3O2/c1-2-5-14-11-8-13-9-12(15-11)17-10-3-6-16-7-4-10/h8-10H,2-7H2,1H3,(H,14,15). The van der Waals surface area contributed by atoms with Gasteiger partial charge in [-0.15, -0.1) is 0 Å². The van der Waals surface area contributed by atoms with Gasteiger partial charge in [-0.05, 0) is 6.42 Å². The minimum Gasteiger partial charge on any atom is -0.473 e. The van der Waals surface area contributed by atoms with Crippen LogP contribution in [0.5, 0.6) is 5.88 Å². The Kier molecular flexibility index (Phi) is 4.55. The molecule has 1 aliphatic heterocycles. The Morgan fingerprint density at radius 3 is 3.00 bits per heavy atom. The molecule has 2 heterocycles. The van der Waals surface area contributed by atoms with Gasteiger partial charge in [0, 0.05) is 19.4 Å². The zero-order chi connectivity index (χ0) is 11.9. The van der Waals surface area contributed by atoms with E-state index in [0.717, 1.165) is 44.8 Å². The molecule has 1 aromatic rings. The highest BCUT2D eigenvalue weighted by Crippen LogP contribution is 2.16. The zero-order valence-electron chi connectivity index (χ0n) is 10.2. The first-order valence-corrected chi connectivity index (χ1v) is 6.19. The quantitative estimate of drug-likeness (QED) is 0.847. The van der Waals surface area contributed by atoms with Crippen molar-refractivity contribution in [1.29, 1.82) is 0 Å². The van der Waals surface area contributed by atoms with Crippen molar-refractivity contribution in [2.45, 2.75) is 32.3 Å². The smallest absolute Gasteiger partial charge is 0.234 e. The second-order valence-corrected chi connectivity index (χ2v) is 4.10. The van der Waals surface area contributed by atoms with Crippen LogP contribution in [0.15, 0.2) is 12.4 Å². The number of nitrogens with zero attached hydrogens (tertiary/aromatic N) is 2. The summed E-state index contributed by atoms with van der Waals surface area (Å²) >= 11 is 0. The maximum absolute atomic E-state index is 5.78. The van der Waals surface area contributed by atoms with Crippen LogP contribution in [0.3, 0.4) is 0 Å². The number of aromatic nitrogens is 2. The van der Waals surface area contributed by atoms with Gasteiger partial charge in [-0.2, -0.15) is 4.98 Å². The first-order chi connectivity index (χ1) is 8.38. The van der Waals surface area contributed by atoms with E-state index in [4.69, 9.17) is 9.47 Å². The summed E-state index contributed by atoms with van der Waals surface area (Å²) in [5, 5.41) is 3.19. The lowest BCUT2D eigenvalue weighted by atomic mass is 10.2. The number of nitrogens with one attached hydrogen (secondary N) is 1. The molecule has 1 saturated heterocycles. The lowest BCUT2D eigenvalue weighted by molar-refractivity contribution is 0.0236. The Morgan fingerprint density at radius 1 is 1.41 bits per heavy atom. The molecule has 5 heteroatoms. The van der Waals surface area contributed by atoms with Crippen LogP contribution in [-0.4, -0.2) is 35.8 Å². The van der Waals surface area contributed by atoms with E-state index in [2.05, 4.69) is 22.2 Å². The molecule has 1 N–H and O–H groups in total. The molecule has 0 amide bonds. The predicted octanol–water partition coefficient (Wildman–Crippen LogP) is 1.86. The molecule has 5 nitrogen and oxygen atoms in total. The van der Waals surface area contributed by atoms with Crippen molar-refractivity contribution in [2.75, 3.05) is 25.1 Å². The number of hydrogen-bond acceptors (Lipinski definition) is 5. The first-order valence-electron chi connectivity index (χ1n) is 6.19. The topological polar surface area (TPSA) is 56.3 Å². The first kappa shape index (κ1) is 12.1. The van der Waals surface area contributed by atoms with Crippen molar-refractivity contribution in [3.63, 3.8) is 0 Å². The van der Waals surface area contributed by atoms with Gasteiger partial charge in [0.15, 0.2) is 0 Å². The molecule has 1 aromatic heterocycles. The van der Waals surface area contributed by atoms with Crippen molar-refractivity contribution in [3.05, 3.63) is 12.4 Å². The molecular formula is C12H19N3O2. The lowest BCUT2D eigenvalue weighted by Crippen LogP contribution is -2.26. The van der Waals surface area contributed by atoms with E-state index in [1.807, 2.05) is 0 Å². The molecular weight excluding hydrogens is 218 g/mol. The summed E-state index contributed by atoms with van der Waals surface area (Å²) in [6, 6.07) is 0. The second-order valence-electron chi connectivity index (χ2n) is 4.10. The van der Waals surface area contributed by atoms with Crippen LogP contribution >= 0.6 is 0 Å². The largest absolute Gasteiger partial charge is 0.473 e. The highest BCUT2D eigenvalue weighted by molar-refractivity contribution is 5.32. The Labute approximate surface area is 102 Å². The molecule has 0 unspecified atom stereocenters. The van der Waals surface area contributed by atoms with E-state index >= 15 is 0 Å². The summed E-state index contributed by atoms with van der Waals surface area (Å²) in [5.41, 5.74) is 0. The van der Waals surface area contributed by atoms with Gasteiger partial charge < -0.3 is 14.8 Å². The fraction of sp³-hybridized carbons (Fsp3) is 0.667. The van der Waals surface area contributed by atoms with Crippen molar-refractivity contribution >= 4 is 5.82 Å². The summed E-state index contributed by atoms with van der Waals surface area (Å²) in [7, 11) is 0. The van der Waals surface area contributed by atoms with Crippen LogP contribution in [-0.2, 0) is 4.74 Å². The van der Waals surface area contributed by atoms with E-state index in [-0.39, 0.29) is 6.10 Å². The van der Waals surface area contributed by atoms with Gasteiger partial charge in [0.25, 0.3) is 0 Å². The lowest BCUT2D eigenvalue weighted by Gasteiger charge is -2.22. The molecule has 0 spiro atoms. The molecule has 1 fully saturated rings. The van der Waals surface area contributed by atoms with E-state index in [9.17, 15) is 0 Å². The summed E-state index contributed by atoms with van der Waals surface area (Å²) in [6.07, 6.45) is 6.49. The van der Waals surface area contributed by atoms with E-state index in [1.54, 1.807) is 12.4 Å². The highest BCUT2D eigenvalue weighted by Gasteiger charge is 2.15. The molecule has 2 rings (SSSR count). The molecule has 0 aliphatic carbocycles. The predicted molar refractivity (Wildman–Crippen MR) is 65.3 cm³/mol. The highest BCUT2D eigenvalue weighted by atomic mass is 16.5. The van der Waals surface area contributed by atoms with Crippen LogP contribution in [0.2, 0.25) is 0 Å². The van der Waals surface area contributed by atoms with Crippen LogP contribution < -0.4 is 10.1 Å². The Balaban J connectivity index is 1.90. The monoisotopic (exact) mass is 237 g/mol. The summed E-state index contributed by atoms with van der Waals surface area (Å²) in [4.78, 5) is 8.49. The number of ether oxygens (including phenoxy) is 2. The number of hydrogen-bond donors (Lipinski definition) is 1. The fourth-order valence-electron chi connectivity index (χ4n) is 1.71. The minimum absolute atomic E-state index is 0.208. The fourth-order valence-corrected chi connectivity index (χ4v) is 1.71. The summed E-state index contributed by atoms with van der Waals surface area (Å²) < 4.78 is 11.1. The molecule has 0 atom stereocenters. The average molecular weight is 237 g/mol. The molecule has 0 radical (unpaired) electrons. The number of anilines is 1. The van der Waals surface area contributed by atoms with Crippen LogP contribution in [0, 0.1) is 0 Å². The van der Waals surface area contributed by atoms with Crippen molar-refractivity contribution < 1.29 is 9.47 Å². The molecule has 17 heavy (non-hydrogen) atoms. The SMILES string of the molecule is CCCNc1cncc(OC2CCOCC2)n1. The summed E-state index contributed by atoms with van der Waals surface area (Å²) in [6.45, 7) is 4.55. The minimum atomic E-state index is 0.208. The van der Waals surface area contributed by atoms with Gasteiger partial charge in [-0.3, -0.25) is 4.98 Å². The molecule has 1 aliphatic rings. The van der Waals surface area contributed by atoms with Gasteiger partial charge in [0.1, 0.15) is 11.9 Å². The van der Waals surface area contributed by atoms with Crippen molar-refractivity contribution in [2.24, 2.45) is 0 Å². The van der Waals surface area contributed by atoms with E-state index in [1.165, 1.54) is 0 Å². The third kappa shape index (κ3) is 3.85. The van der Waals surface area contributed by atoms with Gasteiger partial charge in [-0.25, -0.2) is 0 Å². The molecule has 0 saturated carbocycles. The van der Waals surface area contributed by atoms with Crippen LogP contribution in [0.4, 0.5) is 5.82 Å². The molecule has 0 bridgehead atoms. The van der Waals surface area contributed by atoms with Crippen LogP contribution in [0.25, 0.3) is 0 Å². The average Bonchev–Trinajstić information content (AvgIpc) is 2.38. The van der Waals surface area contributed by atoms with Crippen molar-refractivity contribution in [3.8, 4) is 5.88 Å². The Hall–Kier alpha value is -1.36. The normalized spacial score (nSPS) is 16.8. The third-order valence-corrected chi connectivity index (χ3v) is 2.62. The van der Waals surface area contributed by atoms with Gasteiger partial charge in [-0.1, -0.05) is 6.92 Å². The van der Waals surface area contributed by atoms with E-state index < -0.39 is 0 Å². The van der Waals surface area contributed by atoms with Crippen LogP contribution in [0.1, 0.15) is 26.2 Å². The maximum Gasteiger partial charge on any atom is 0.234 e. The Bertz CT molecular complexity index is 340. The third-order valence-electron chi connectivity index (χ3n) is 2.62. The number of rotatable bonds is 5. The Morgan fingerprint density at radius 2 is 2.24 bits per heavy atom. The van der Waals surface area contributed by atoms with E-state index in [0.29, 0.717) is 5.88 Å². The van der Waals surface area contributed by atoms with Gasteiger partial charge >= 0.3 is 0 Å². The van der Waals surface area contributed by atoms with Gasteiger partial charge in [0.05, 0.1) is 25.6 Å². The molecule has 0 aromatic carbocycles. The zero-order valence-corrected chi connectivity index (χ0v) is 10.2. The van der Waals surface area contributed by atoms with Crippen molar-refractivity contribution in [1.82, 2.24) is 9.97 Å².